The van der Waals surface area contributed by atoms with Gasteiger partial charge in [0.15, 0.2) is 5.54 Å². The Kier molecular flexibility index (Phi) is 4.54. The molecule has 31 heavy (non-hydrogen) atoms. The molecule has 1 aromatic heterocycles. The Bertz CT molecular complexity index is 1200. The first-order valence-corrected chi connectivity index (χ1v) is 9.85. The number of aromatic nitrogens is 2. The summed E-state index contributed by atoms with van der Waals surface area (Å²) < 4.78 is 16.6. The highest BCUT2D eigenvalue weighted by Gasteiger charge is 2.47. The van der Waals surface area contributed by atoms with Crippen molar-refractivity contribution in [1.29, 1.82) is 0 Å². The van der Waals surface area contributed by atoms with Crippen LogP contribution in [-0.2, 0) is 26.2 Å². The number of nitrogens with zero attached hydrogens (tertiary/aromatic N) is 3. The quantitative estimate of drug-likeness (QED) is 0.651. The molecule has 1 spiro atoms. The highest BCUT2D eigenvalue weighted by molar-refractivity contribution is 5.78. The summed E-state index contributed by atoms with van der Waals surface area (Å²) >= 11 is 0. The van der Waals surface area contributed by atoms with Crippen molar-refractivity contribution >= 4 is 12.0 Å². The Hall–Kier alpha value is -3.94. The minimum Gasteiger partial charge on any atom is -0.469 e. The molecular weight excluding hydrogens is 396 g/mol. The fraction of sp³-hybridized carbons (Fsp3) is 0.217. The number of fused-ring (bicyclic) bond motifs is 4. The van der Waals surface area contributed by atoms with E-state index in [1.807, 2.05) is 36.4 Å². The number of hydrogen-bond acceptors (Lipinski definition) is 8. The lowest BCUT2D eigenvalue weighted by atomic mass is 9.79. The zero-order valence-corrected chi connectivity index (χ0v) is 16.9. The lowest BCUT2D eigenvalue weighted by Crippen LogP contribution is -2.31. The van der Waals surface area contributed by atoms with Gasteiger partial charge < -0.3 is 19.9 Å². The average Bonchev–Trinajstić information content (AvgIpc) is 3.20. The summed E-state index contributed by atoms with van der Waals surface area (Å²) in [6.07, 6.45) is 5.85. The number of amidine groups is 1. The summed E-state index contributed by atoms with van der Waals surface area (Å²) in [4.78, 5) is 24.5. The van der Waals surface area contributed by atoms with Crippen LogP contribution in [0.5, 0.6) is 11.5 Å². The first kappa shape index (κ1) is 19.0. The van der Waals surface area contributed by atoms with Gasteiger partial charge in [-0.15, -0.1) is 0 Å². The maximum atomic E-state index is 11.6. The Morgan fingerprint density at radius 3 is 2.55 bits per heavy atom. The molecule has 5 rings (SSSR count). The lowest BCUT2D eigenvalue weighted by molar-refractivity contribution is -0.140. The number of nitrogens with two attached hydrogens (primary N) is 1. The molecule has 2 aromatic carbocycles. The monoisotopic (exact) mass is 416 g/mol. The Morgan fingerprint density at radius 1 is 1.10 bits per heavy atom. The number of aryl methyl sites for hydroxylation is 1. The molecule has 0 amide bonds. The van der Waals surface area contributed by atoms with Gasteiger partial charge >= 0.3 is 5.97 Å². The smallest absolute Gasteiger partial charge is 0.305 e. The topological polar surface area (TPSA) is 109 Å². The zero-order chi connectivity index (χ0) is 21.4. The van der Waals surface area contributed by atoms with Gasteiger partial charge in [-0.1, -0.05) is 12.1 Å². The number of rotatable bonds is 4. The van der Waals surface area contributed by atoms with E-state index in [1.54, 1.807) is 12.4 Å². The summed E-state index contributed by atoms with van der Waals surface area (Å²) in [7, 11) is 1.39. The van der Waals surface area contributed by atoms with E-state index in [4.69, 9.17) is 24.9 Å². The van der Waals surface area contributed by atoms with Crippen molar-refractivity contribution in [2.24, 2.45) is 10.7 Å². The molecule has 156 valence electrons. The molecule has 3 heterocycles. The standard InChI is InChI=1S/C23H20N4O4/c1-29-21(28)7-3-14-2-5-19-17(8-14)23(12-30-22(24)27-23)18-9-15(4-6-20(18)31-19)16-10-25-13-26-11-16/h2,4-6,8-11,13H,3,7,12H2,1H3,(H2,24,27)/t23-/m1/s1. The van der Waals surface area contributed by atoms with Crippen molar-refractivity contribution in [3.8, 4) is 22.6 Å². The second kappa shape index (κ2) is 7.39. The molecule has 0 saturated carbocycles. The van der Waals surface area contributed by atoms with Crippen molar-refractivity contribution in [3.63, 3.8) is 0 Å². The van der Waals surface area contributed by atoms with Crippen LogP contribution in [0.15, 0.2) is 60.1 Å². The van der Waals surface area contributed by atoms with Crippen LogP contribution in [0.1, 0.15) is 23.1 Å². The fourth-order valence-electron chi connectivity index (χ4n) is 4.03. The van der Waals surface area contributed by atoms with E-state index in [2.05, 4.69) is 9.97 Å². The van der Waals surface area contributed by atoms with Crippen LogP contribution in [-0.4, -0.2) is 35.7 Å². The number of ether oxygens (including phenoxy) is 3. The molecule has 0 aliphatic carbocycles. The van der Waals surface area contributed by atoms with Crippen LogP contribution < -0.4 is 10.5 Å². The largest absolute Gasteiger partial charge is 0.469 e. The van der Waals surface area contributed by atoms with Gasteiger partial charge in [0.2, 0.25) is 0 Å². The highest BCUT2D eigenvalue weighted by Crippen LogP contribution is 2.51. The van der Waals surface area contributed by atoms with Crippen LogP contribution in [0.4, 0.5) is 0 Å². The second-order valence-corrected chi connectivity index (χ2v) is 7.45. The third-order valence-corrected chi connectivity index (χ3v) is 5.60. The van der Waals surface area contributed by atoms with E-state index in [9.17, 15) is 4.79 Å². The molecule has 0 radical (unpaired) electrons. The molecule has 8 nitrogen and oxygen atoms in total. The average molecular weight is 416 g/mol. The van der Waals surface area contributed by atoms with E-state index < -0.39 is 5.54 Å². The predicted molar refractivity (Wildman–Crippen MR) is 113 cm³/mol. The minimum atomic E-state index is -0.833. The van der Waals surface area contributed by atoms with E-state index in [-0.39, 0.29) is 18.6 Å². The maximum Gasteiger partial charge on any atom is 0.305 e. The molecule has 0 saturated heterocycles. The zero-order valence-electron chi connectivity index (χ0n) is 16.9. The van der Waals surface area contributed by atoms with Gasteiger partial charge in [-0.2, -0.15) is 0 Å². The Balaban J connectivity index is 1.62. The summed E-state index contributed by atoms with van der Waals surface area (Å²) in [6.45, 7) is 0.261. The third kappa shape index (κ3) is 3.26. The summed E-state index contributed by atoms with van der Waals surface area (Å²) in [6, 6.07) is 11.9. The molecule has 2 aliphatic heterocycles. The van der Waals surface area contributed by atoms with Gasteiger partial charge in [0, 0.05) is 35.5 Å². The number of carbonyl (C=O) groups is 1. The van der Waals surface area contributed by atoms with Gasteiger partial charge in [0.1, 0.15) is 24.4 Å². The first-order valence-electron chi connectivity index (χ1n) is 9.85. The van der Waals surface area contributed by atoms with Crippen molar-refractivity contribution in [1.82, 2.24) is 9.97 Å². The van der Waals surface area contributed by atoms with Crippen LogP contribution >= 0.6 is 0 Å². The third-order valence-electron chi connectivity index (χ3n) is 5.60. The van der Waals surface area contributed by atoms with Crippen molar-refractivity contribution < 1.29 is 19.0 Å². The van der Waals surface area contributed by atoms with Crippen LogP contribution in [0.3, 0.4) is 0 Å². The summed E-state index contributed by atoms with van der Waals surface area (Å²) in [5.41, 5.74) is 9.63. The van der Waals surface area contributed by atoms with Crippen molar-refractivity contribution in [2.75, 3.05) is 13.7 Å². The maximum absolute atomic E-state index is 11.6. The molecule has 3 aromatic rings. The van der Waals surface area contributed by atoms with Crippen molar-refractivity contribution in [2.45, 2.75) is 18.4 Å². The molecule has 2 N–H and O–H groups in total. The Morgan fingerprint density at radius 2 is 1.84 bits per heavy atom. The Labute approximate surface area is 178 Å². The van der Waals surface area contributed by atoms with Crippen molar-refractivity contribution in [3.05, 3.63) is 71.8 Å². The van der Waals surface area contributed by atoms with Crippen LogP contribution in [0.2, 0.25) is 0 Å². The number of methoxy groups -OCH3 is 1. The second-order valence-electron chi connectivity index (χ2n) is 7.45. The fourth-order valence-corrected chi connectivity index (χ4v) is 4.03. The molecule has 0 fully saturated rings. The number of esters is 1. The SMILES string of the molecule is COC(=O)CCc1ccc2c(c1)[C@]1(COC(N)=N1)c1cc(-c3cncnc3)ccc1O2. The highest BCUT2D eigenvalue weighted by atomic mass is 16.5. The van der Waals surface area contributed by atoms with Gasteiger partial charge in [0.05, 0.1) is 7.11 Å². The molecule has 1 atom stereocenters. The summed E-state index contributed by atoms with van der Waals surface area (Å²) in [5.74, 6) is 1.12. The van der Waals surface area contributed by atoms with Crippen LogP contribution in [0.25, 0.3) is 11.1 Å². The van der Waals surface area contributed by atoms with E-state index in [1.165, 1.54) is 13.4 Å². The normalized spacial score (nSPS) is 18.4. The predicted octanol–water partition coefficient (Wildman–Crippen LogP) is 2.94. The van der Waals surface area contributed by atoms with E-state index in [0.29, 0.717) is 24.3 Å². The minimum absolute atomic E-state index is 0.132. The summed E-state index contributed by atoms with van der Waals surface area (Å²) in [5, 5.41) is 0. The number of hydrogen-bond donors (Lipinski definition) is 1. The van der Waals surface area contributed by atoms with Gasteiger partial charge in [-0.3, -0.25) is 4.79 Å². The lowest BCUT2D eigenvalue weighted by Gasteiger charge is -2.34. The molecule has 0 unspecified atom stereocenters. The number of carbonyl (C=O) groups excluding carboxylic acids is 1. The van der Waals surface area contributed by atoms with Gasteiger partial charge in [0.25, 0.3) is 6.02 Å². The van der Waals surface area contributed by atoms with Gasteiger partial charge in [-0.05, 0) is 41.8 Å². The van der Waals surface area contributed by atoms with Crippen LogP contribution in [0, 0.1) is 0 Å². The molecule has 0 bridgehead atoms. The first-order chi connectivity index (χ1) is 15.1. The number of benzene rings is 2. The number of aliphatic imine (C=N–C) groups is 1. The van der Waals surface area contributed by atoms with E-state index in [0.717, 1.165) is 27.8 Å². The van der Waals surface area contributed by atoms with Gasteiger partial charge in [-0.25, -0.2) is 15.0 Å². The van der Waals surface area contributed by atoms with E-state index >= 15 is 0 Å². The molecule has 2 aliphatic rings. The molecular formula is C23H20N4O4. The molecule has 8 heteroatoms.